The molecule has 1 atom stereocenters. The van der Waals surface area contributed by atoms with Crippen molar-refractivity contribution in [1.82, 2.24) is 10.2 Å². The molecule has 1 N–H and O–H groups in total. The maximum atomic E-state index is 12.3. The van der Waals surface area contributed by atoms with Gasteiger partial charge in [-0.15, -0.1) is 0 Å². The molecule has 1 aliphatic rings. The van der Waals surface area contributed by atoms with Crippen LogP contribution in [0.15, 0.2) is 60.7 Å². The van der Waals surface area contributed by atoms with Crippen molar-refractivity contribution in [2.75, 3.05) is 19.6 Å². The molecule has 0 radical (unpaired) electrons. The smallest absolute Gasteiger partial charge is 0.251 e. The Morgan fingerprint density at radius 2 is 1.65 bits per heavy atom. The van der Waals surface area contributed by atoms with Gasteiger partial charge in [0.25, 0.3) is 5.91 Å². The third-order valence-electron chi connectivity index (χ3n) is 4.25. The van der Waals surface area contributed by atoms with Crippen molar-refractivity contribution in [1.29, 1.82) is 0 Å². The Kier molecular flexibility index (Phi) is 4.71. The number of benzene rings is 2. The van der Waals surface area contributed by atoms with E-state index in [1.807, 2.05) is 41.3 Å². The quantitative estimate of drug-likeness (QED) is 0.943. The highest BCUT2D eigenvalue weighted by Crippen LogP contribution is 2.26. The first-order valence-corrected chi connectivity index (χ1v) is 7.90. The Hall–Kier alpha value is -2.62. The van der Waals surface area contributed by atoms with Crippen LogP contribution in [-0.2, 0) is 4.79 Å². The third kappa shape index (κ3) is 3.77. The second-order valence-electron chi connectivity index (χ2n) is 5.78. The van der Waals surface area contributed by atoms with Crippen LogP contribution >= 0.6 is 0 Å². The van der Waals surface area contributed by atoms with E-state index in [1.165, 1.54) is 5.56 Å². The van der Waals surface area contributed by atoms with Gasteiger partial charge in [0.2, 0.25) is 5.91 Å². The first-order valence-electron chi connectivity index (χ1n) is 7.90. The second-order valence-corrected chi connectivity index (χ2v) is 5.78. The van der Waals surface area contributed by atoms with Crippen molar-refractivity contribution in [3.63, 3.8) is 0 Å². The van der Waals surface area contributed by atoms with Crippen molar-refractivity contribution in [3.05, 3.63) is 71.8 Å². The summed E-state index contributed by atoms with van der Waals surface area (Å²) < 4.78 is 0. The van der Waals surface area contributed by atoms with E-state index in [1.54, 1.807) is 12.1 Å². The molecule has 1 heterocycles. The van der Waals surface area contributed by atoms with Crippen molar-refractivity contribution in [3.8, 4) is 0 Å². The first kappa shape index (κ1) is 15.3. The highest BCUT2D eigenvalue weighted by atomic mass is 16.2. The Morgan fingerprint density at radius 3 is 2.35 bits per heavy atom. The number of likely N-dealkylation sites (tertiary alicyclic amines) is 1. The number of hydrogen-bond acceptors (Lipinski definition) is 2. The van der Waals surface area contributed by atoms with Gasteiger partial charge in [-0.25, -0.2) is 0 Å². The molecule has 4 heteroatoms. The van der Waals surface area contributed by atoms with Crippen LogP contribution < -0.4 is 5.32 Å². The van der Waals surface area contributed by atoms with E-state index >= 15 is 0 Å². The molecule has 0 bridgehead atoms. The zero-order chi connectivity index (χ0) is 16.1. The lowest BCUT2D eigenvalue weighted by molar-refractivity contribution is -0.129. The molecule has 2 aromatic carbocycles. The van der Waals surface area contributed by atoms with Crippen LogP contribution in [0.5, 0.6) is 0 Å². The van der Waals surface area contributed by atoms with E-state index < -0.39 is 0 Å². The molecule has 0 spiro atoms. The third-order valence-corrected chi connectivity index (χ3v) is 4.25. The van der Waals surface area contributed by atoms with Crippen molar-refractivity contribution < 1.29 is 9.59 Å². The summed E-state index contributed by atoms with van der Waals surface area (Å²) in [6.07, 6.45) is 0.975. The monoisotopic (exact) mass is 308 g/mol. The number of amides is 2. The highest BCUT2D eigenvalue weighted by molar-refractivity contribution is 5.96. The number of carbonyl (C=O) groups is 2. The van der Waals surface area contributed by atoms with Crippen LogP contribution in [0.3, 0.4) is 0 Å². The summed E-state index contributed by atoms with van der Waals surface area (Å²) in [5.41, 5.74) is 1.85. The average molecular weight is 308 g/mol. The Labute approximate surface area is 136 Å². The topological polar surface area (TPSA) is 49.4 Å². The highest BCUT2D eigenvalue weighted by Gasteiger charge is 2.27. The van der Waals surface area contributed by atoms with Crippen LogP contribution in [0.1, 0.15) is 28.3 Å². The molecule has 23 heavy (non-hydrogen) atoms. The fourth-order valence-electron chi connectivity index (χ4n) is 2.94. The summed E-state index contributed by atoms with van der Waals surface area (Å²) in [6, 6.07) is 19.2. The normalized spacial score (nSPS) is 17.0. The molecule has 0 aromatic heterocycles. The lowest BCUT2D eigenvalue weighted by Crippen LogP contribution is -2.39. The van der Waals surface area contributed by atoms with E-state index in [9.17, 15) is 9.59 Å². The molecule has 0 aliphatic carbocycles. The average Bonchev–Trinajstić information content (AvgIpc) is 3.11. The molecule has 0 unspecified atom stereocenters. The summed E-state index contributed by atoms with van der Waals surface area (Å²) in [6.45, 7) is 1.53. The summed E-state index contributed by atoms with van der Waals surface area (Å²) in [5.74, 6) is 0.162. The van der Waals surface area contributed by atoms with E-state index in [0.717, 1.165) is 19.5 Å². The molecular formula is C19H20N2O2. The molecular weight excluding hydrogens is 288 g/mol. The molecule has 1 saturated heterocycles. The molecule has 0 saturated carbocycles. The minimum atomic E-state index is -0.210. The Bertz CT molecular complexity index is 670. The molecule has 118 valence electrons. The van der Waals surface area contributed by atoms with Gasteiger partial charge in [0.15, 0.2) is 0 Å². The largest absolute Gasteiger partial charge is 0.343 e. The lowest BCUT2D eigenvalue weighted by Gasteiger charge is -2.17. The van der Waals surface area contributed by atoms with Crippen LogP contribution in [0.25, 0.3) is 0 Å². The van der Waals surface area contributed by atoms with Crippen LogP contribution in [0, 0.1) is 0 Å². The Balaban J connectivity index is 1.51. The van der Waals surface area contributed by atoms with Gasteiger partial charge in [0.1, 0.15) is 0 Å². The number of carbonyl (C=O) groups excluding carboxylic acids is 2. The molecule has 1 fully saturated rings. The molecule has 2 amide bonds. The van der Waals surface area contributed by atoms with Crippen molar-refractivity contribution >= 4 is 11.8 Å². The molecule has 2 aromatic rings. The second kappa shape index (κ2) is 7.09. The van der Waals surface area contributed by atoms with Crippen molar-refractivity contribution in [2.24, 2.45) is 0 Å². The summed E-state index contributed by atoms with van der Waals surface area (Å²) in [4.78, 5) is 26.1. The van der Waals surface area contributed by atoms with E-state index in [0.29, 0.717) is 11.5 Å². The van der Waals surface area contributed by atoms with Gasteiger partial charge < -0.3 is 10.2 Å². The van der Waals surface area contributed by atoms with Crippen molar-refractivity contribution in [2.45, 2.75) is 12.3 Å². The SMILES string of the molecule is O=C(NCC(=O)N1CC[C@@H](c2ccccc2)C1)c1ccccc1. The predicted octanol–water partition coefficient (Wildman–Crippen LogP) is 2.43. The van der Waals surface area contributed by atoms with E-state index in [2.05, 4.69) is 17.4 Å². The fraction of sp³-hybridized carbons (Fsp3) is 0.263. The lowest BCUT2D eigenvalue weighted by atomic mass is 9.99. The fourth-order valence-corrected chi connectivity index (χ4v) is 2.94. The number of rotatable bonds is 4. The van der Waals surface area contributed by atoms with E-state index in [-0.39, 0.29) is 18.4 Å². The van der Waals surface area contributed by atoms with Crippen LogP contribution in [0.4, 0.5) is 0 Å². The zero-order valence-electron chi connectivity index (χ0n) is 12.9. The predicted molar refractivity (Wildman–Crippen MR) is 89.2 cm³/mol. The van der Waals surface area contributed by atoms with Gasteiger partial charge in [-0.1, -0.05) is 48.5 Å². The van der Waals surface area contributed by atoms with Gasteiger partial charge in [0.05, 0.1) is 6.54 Å². The first-order chi connectivity index (χ1) is 11.2. The van der Waals surface area contributed by atoms with Gasteiger partial charge in [-0.05, 0) is 24.1 Å². The van der Waals surface area contributed by atoms with Gasteiger partial charge >= 0.3 is 0 Å². The van der Waals surface area contributed by atoms with Gasteiger partial charge in [0, 0.05) is 24.6 Å². The number of nitrogens with one attached hydrogen (secondary N) is 1. The van der Waals surface area contributed by atoms with Crippen LogP contribution in [0.2, 0.25) is 0 Å². The minimum absolute atomic E-state index is 0.0206. The Morgan fingerprint density at radius 1 is 1.00 bits per heavy atom. The standard InChI is InChI=1S/C19H20N2O2/c22-18(13-20-19(23)16-9-5-2-6-10-16)21-12-11-17(14-21)15-7-3-1-4-8-15/h1-10,17H,11-14H2,(H,20,23)/t17-/m1/s1. The minimum Gasteiger partial charge on any atom is -0.343 e. The molecule has 1 aliphatic heterocycles. The van der Waals surface area contributed by atoms with Crippen LogP contribution in [-0.4, -0.2) is 36.3 Å². The maximum Gasteiger partial charge on any atom is 0.251 e. The maximum absolute atomic E-state index is 12.3. The molecule has 4 nitrogen and oxygen atoms in total. The van der Waals surface area contributed by atoms with Gasteiger partial charge in [-0.2, -0.15) is 0 Å². The summed E-state index contributed by atoms with van der Waals surface area (Å²) in [7, 11) is 0. The number of hydrogen-bond donors (Lipinski definition) is 1. The zero-order valence-corrected chi connectivity index (χ0v) is 12.9. The number of nitrogens with zero attached hydrogens (tertiary/aromatic N) is 1. The van der Waals surface area contributed by atoms with Gasteiger partial charge in [-0.3, -0.25) is 9.59 Å². The molecule has 3 rings (SSSR count). The van der Waals surface area contributed by atoms with E-state index in [4.69, 9.17) is 0 Å². The summed E-state index contributed by atoms with van der Waals surface area (Å²) >= 11 is 0. The summed E-state index contributed by atoms with van der Waals surface area (Å²) in [5, 5.41) is 2.70.